The molecule has 1 aliphatic rings. The molecule has 0 saturated carbocycles. The Labute approximate surface area is 148 Å². The van der Waals surface area contributed by atoms with Crippen LogP contribution in [0.25, 0.3) is 0 Å². The molecule has 0 aromatic heterocycles. The molecular weight excluding hydrogens is 316 g/mol. The van der Waals surface area contributed by atoms with Gasteiger partial charge in [-0.15, -0.1) is 0 Å². The van der Waals surface area contributed by atoms with Crippen LogP contribution in [0.15, 0.2) is 42.5 Å². The molecule has 0 atom stereocenters. The number of aryl methyl sites for hydroxylation is 1. The van der Waals surface area contributed by atoms with Crippen molar-refractivity contribution in [3.8, 4) is 11.5 Å². The fourth-order valence-corrected chi connectivity index (χ4v) is 3.18. The van der Waals surface area contributed by atoms with Crippen molar-refractivity contribution >= 4 is 17.3 Å². The van der Waals surface area contributed by atoms with Crippen LogP contribution in [0.3, 0.4) is 0 Å². The van der Waals surface area contributed by atoms with Gasteiger partial charge >= 0.3 is 0 Å². The Morgan fingerprint density at radius 2 is 2.00 bits per heavy atom. The van der Waals surface area contributed by atoms with E-state index in [-0.39, 0.29) is 5.91 Å². The van der Waals surface area contributed by atoms with Gasteiger partial charge in [0.15, 0.2) is 0 Å². The van der Waals surface area contributed by atoms with E-state index in [2.05, 4.69) is 11.4 Å². The zero-order chi connectivity index (χ0) is 17.6. The average Bonchev–Trinajstić information content (AvgIpc) is 2.67. The molecule has 0 unspecified atom stereocenters. The highest BCUT2D eigenvalue weighted by Crippen LogP contribution is 2.29. The van der Waals surface area contributed by atoms with Gasteiger partial charge in [-0.1, -0.05) is 18.2 Å². The fourth-order valence-electron chi connectivity index (χ4n) is 3.18. The summed E-state index contributed by atoms with van der Waals surface area (Å²) in [4.78, 5) is 14.5. The standard InChI is InChI=1S/C20H24N2O3/c1-24-16-9-10-17(19(14-16)25-2)21-12-11-20(23)22-13-5-7-15-6-3-4-8-18(15)22/h3-4,6,8-10,14,21H,5,7,11-13H2,1-2H3. The van der Waals surface area contributed by atoms with Crippen LogP contribution in [0.2, 0.25) is 0 Å². The number of anilines is 2. The van der Waals surface area contributed by atoms with Crippen molar-refractivity contribution in [1.82, 2.24) is 0 Å². The Morgan fingerprint density at radius 3 is 2.80 bits per heavy atom. The van der Waals surface area contributed by atoms with Crippen LogP contribution in [0.4, 0.5) is 11.4 Å². The van der Waals surface area contributed by atoms with Gasteiger partial charge in [0.05, 0.1) is 19.9 Å². The molecule has 3 rings (SSSR count). The zero-order valence-electron chi connectivity index (χ0n) is 14.7. The molecule has 1 N–H and O–H groups in total. The lowest BCUT2D eigenvalue weighted by Crippen LogP contribution is -2.36. The van der Waals surface area contributed by atoms with Gasteiger partial charge in [0, 0.05) is 31.3 Å². The van der Waals surface area contributed by atoms with Crippen molar-refractivity contribution in [2.75, 3.05) is 37.5 Å². The zero-order valence-corrected chi connectivity index (χ0v) is 14.7. The normalized spacial score (nSPS) is 13.1. The molecule has 5 nitrogen and oxygen atoms in total. The number of rotatable bonds is 6. The van der Waals surface area contributed by atoms with Crippen molar-refractivity contribution in [1.29, 1.82) is 0 Å². The van der Waals surface area contributed by atoms with Crippen molar-refractivity contribution in [3.63, 3.8) is 0 Å². The van der Waals surface area contributed by atoms with Crippen LogP contribution in [-0.2, 0) is 11.2 Å². The van der Waals surface area contributed by atoms with Gasteiger partial charge in [-0.25, -0.2) is 0 Å². The van der Waals surface area contributed by atoms with Gasteiger partial charge in [0.25, 0.3) is 0 Å². The highest BCUT2D eigenvalue weighted by molar-refractivity contribution is 5.94. The van der Waals surface area contributed by atoms with Crippen molar-refractivity contribution < 1.29 is 14.3 Å². The Bertz CT molecular complexity index is 745. The van der Waals surface area contributed by atoms with Crippen LogP contribution in [0.5, 0.6) is 11.5 Å². The second kappa shape index (κ2) is 7.92. The molecule has 0 fully saturated rings. The minimum Gasteiger partial charge on any atom is -0.497 e. The van der Waals surface area contributed by atoms with Gasteiger partial charge in [-0.05, 0) is 36.6 Å². The van der Waals surface area contributed by atoms with Gasteiger partial charge in [-0.2, -0.15) is 0 Å². The number of carbonyl (C=O) groups is 1. The fraction of sp³-hybridized carbons (Fsp3) is 0.350. The predicted molar refractivity (Wildman–Crippen MR) is 99.8 cm³/mol. The SMILES string of the molecule is COc1ccc(NCCC(=O)N2CCCc3ccccc32)c(OC)c1. The number of hydrogen-bond donors (Lipinski definition) is 1. The van der Waals surface area contributed by atoms with Crippen LogP contribution >= 0.6 is 0 Å². The van der Waals surface area contributed by atoms with Crippen LogP contribution < -0.4 is 19.7 Å². The third-order valence-corrected chi connectivity index (χ3v) is 4.47. The number of ether oxygens (including phenoxy) is 2. The first-order valence-corrected chi connectivity index (χ1v) is 8.57. The highest BCUT2D eigenvalue weighted by atomic mass is 16.5. The predicted octanol–water partition coefficient (Wildman–Crippen LogP) is 3.49. The van der Waals surface area contributed by atoms with Crippen LogP contribution in [0, 0.1) is 0 Å². The Kier molecular flexibility index (Phi) is 5.43. The largest absolute Gasteiger partial charge is 0.497 e. The molecule has 0 saturated heterocycles. The monoisotopic (exact) mass is 340 g/mol. The topological polar surface area (TPSA) is 50.8 Å². The first-order valence-electron chi connectivity index (χ1n) is 8.57. The first-order chi connectivity index (χ1) is 12.2. The maximum atomic E-state index is 12.6. The summed E-state index contributed by atoms with van der Waals surface area (Å²) in [6, 6.07) is 13.8. The van der Waals surface area contributed by atoms with Crippen LogP contribution in [-0.4, -0.2) is 33.2 Å². The molecule has 1 heterocycles. The van der Waals surface area contributed by atoms with Crippen LogP contribution in [0.1, 0.15) is 18.4 Å². The summed E-state index contributed by atoms with van der Waals surface area (Å²) in [5.74, 6) is 1.59. The van der Waals surface area contributed by atoms with E-state index in [9.17, 15) is 4.79 Å². The third-order valence-electron chi connectivity index (χ3n) is 4.47. The number of methoxy groups -OCH3 is 2. The van der Waals surface area contributed by atoms with Gasteiger partial charge in [-0.3, -0.25) is 4.79 Å². The third kappa shape index (κ3) is 3.87. The van der Waals surface area contributed by atoms with Gasteiger partial charge in [0.2, 0.25) is 5.91 Å². The summed E-state index contributed by atoms with van der Waals surface area (Å²) in [7, 11) is 3.24. The number of amides is 1. The summed E-state index contributed by atoms with van der Waals surface area (Å²) in [6.07, 6.45) is 2.49. The molecule has 132 valence electrons. The summed E-state index contributed by atoms with van der Waals surface area (Å²) in [5, 5.41) is 3.28. The first kappa shape index (κ1) is 17.1. The maximum Gasteiger partial charge on any atom is 0.228 e. The summed E-state index contributed by atoms with van der Waals surface area (Å²) >= 11 is 0. The highest BCUT2D eigenvalue weighted by Gasteiger charge is 2.21. The number of carbonyl (C=O) groups excluding carboxylic acids is 1. The molecule has 25 heavy (non-hydrogen) atoms. The molecule has 0 radical (unpaired) electrons. The molecule has 1 aliphatic heterocycles. The molecule has 0 spiro atoms. The number of nitrogens with zero attached hydrogens (tertiary/aromatic N) is 1. The number of hydrogen-bond acceptors (Lipinski definition) is 4. The maximum absolute atomic E-state index is 12.6. The number of nitrogens with one attached hydrogen (secondary N) is 1. The number of para-hydroxylation sites is 1. The van der Waals surface area contributed by atoms with E-state index in [1.165, 1.54) is 5.56 Å². The van der Waals surface area contributed by atoms with E-state index in [0.717, 1.165) is 36.5 Å². The second-order valence-electron chi connectivity index (χ2n) is 6.02. The van der Waals surface area contributed by atoms with E-state index in [1.807, 2.05) is 41.3 Å². The smallest absolute Gasteiger partial charge is 0.228 e. The van der Waals surface area contributed by atoms with E-state index >= 15 is 0 Å². The second-order valence-corrected chi connectivity index (χ2v) is 6.02. The van der Waals surface area contributed by atoms with Crippen molar-refractivity contribution in [2.24, 2.45) is 0 Å². The average molecular weight is 340 g/mol. The van der Waals surface area contributed by atoms with E-state index in [0.29, 0.717) is 18.7 Å². The van der Waals surface area contributed by atoms with Gasteiger partial charge in [0.1, 0.15) is 11.5 Å². The van der Waals surface area contributed by atoms with Crippen molar-refractivity contribution in [2.45, 2.75) is 19.3 Å². The van der Waals surface area contributed by atoms with E-state index in [4.69, 9.17) is 9.47 Å². The quantitative estimate of drug-likeness (QED) is 0.875. The molecule has 2 aromatic carbocycles. The molecule has 0 bridgehead atoms. The Balaban J connectivity index is 1.61. The Morgan fingerprint density at radius 1 is 1.16 bits per heavy atom. The van der Waals surface area contributed by atoms with Gasteiger partial charge < -0.3 is 19.7 Å². The Hall–Kier alpha value is -2.69. The molecule has 1 amide bonds. The lowest BCUT2D eigenvalue weighted by molar-refractivity contribution is -0.118. The molecule has 0 aliphatic carbocycles. The lowest BCUT2D eigenvalue weighted by atomic mass is 10.0. The number of fused-ring (bicyclic) bond motifs is 1. The molecular formula is C20H24N2O3. The van der Waals surface area contributed by atoms with Crippen molar-refractivity contribution in [3.05, 3.63) is 48.0 Å². The molecule has 2 aromatic rings. The lowest BCUT2D eigenvalue weighted by Gasteiger charge is -2.29. The van der Waals surface area contributed by atoms with E-state index < -0.39 is 0 Å². The summed E-state index contributed by atoms with van der Waals surface area (Å²) in [6.45, 7) is 1.35. The van der Waals surface area contributed by atoms with E-state index in [1.54, 1.807) is 14.2 Å². The number of benzene rings is 2. The molecule has 5 heteroatoms. The minimum absolute atomic E-state index is 0.145. The minimum atomic E-state index is 0.145. The summed E-state index contributed by atoms with van der Waals surface area (Å²) in [5.41, 5.74) is 3.17. The summed E-state index contributed by atoms with van der Waals surface area (Å²) < 4.78 is 10.6.